The largest absolute Gasteiger partial charge is 0.312 e. The smallest absolute Gasteiger partial charge is 0.160 e. The van der Waals surface area contributed by atoms with Crippen molar-refractivity contribution in [1.29, 1.82) is 0 Å². The Labute approximate surface area is 117 Å². The molecular formula is C12H16ClN3O2S. The van der Waals surface area contributed by atoms with Crippen LogP contribution in [0.4, 0.5) is 0 Å². The third-order valence-corrected chi connectivity index (χ3v) is 4.09. The summed E-state index contributed by atoms with van der Waals surface area (Å²) >= 11 is 5.88. The van der Waals surface area contributed by atoms with Crippen LogP contribution in [-0.4, -0.2) is 35.0 Å². The molecule has 5 nitrogen and oxygen atoms in total. The van der Waals surface area contributed by atoms with Gasteiger partial charge in [-0.3, -0.25) is 0 Å². The number of hydrogen-bond donors (Lipinski definition) is 0. The fourth-order valence-corrected chi connectivity index (χ4v) is 2.84. The van der Waals surface area contributed by atoms with Crippen molar-refractivity contribution in [1.82, 2.24) is 14.5 Å². The van der Waals surface area contributed by atoms with Crippen molar-refractivity contribution in [2.75, 3.05) is 12.0 Å². The lowest BCUT2D eigenvalue weighted by Crippen LogP contribution is -2.09. The first-order chi connectivity index (χ1) is 8.90. The van der Waals surface area contributed by atoms with Gasteiger partial charge in [-0.15, -0.1) is 11.6 Å². The Balaban J connectivity index is 2.30. The lowest BCUT2D eigenvalue weighted by Gasteiger charge is -2.06. The number of hydrogen-bond acceptors (Lipinski definition) is 4. The molecule has 19 heavy (non-hydrogen) atoms. The Kier molecular flexibility index (Phi) is 4.10. The van der Waals surface area contributed by atoms with Crippen molar-refractivity contribution in [2.24, 2.45) is 0 Å². The summed E-state index contributed by atoms with van der Waals surface area (Å²) in [5, 5.41) is 0. The summed E-state index contributed by atoms with van der Waals surface area (Å²) in [5.41, 5.74) is 2.60. The maximum atomic E-state index is 11.2. The van der Waals surface area contributed by atoms with Crippen molar-refractivity contribution in [3.8, 4) is 0 Å². The molecule has 0 radical (unpaired) electrons. The molecule has 0 aliphatic carbocycles. The van der Waals surface area contributed by atoms with Gasteiger partial charge in [0.1, 0.15) is 21.2 Å². The predicted octanol–water partition coefficient (Wildman–Crippen LogP) is 1.91. The summed E-state index contributed by atoms with van der Waals surface area (Å²) in [6, 6.07) is 1.95. The van der Waals surface area contributed by atoms with E-state index in [0.717, 1.165) is 22.6 Å². The average molecular weight is 302 g/mol. The van der Waals surface area contributed by atoms with Gasteiger partial charge in [-0.05, 0) is 25.0 Å². The highest BCUT2D eigenvalue weighted by atomic mass is 35.5. The van der Waals surface area contributed by atoms with E-state index in [0.29, 0.717) is 13.0 Å². The molecule has 104 valence electrons. The lowest BCUT2D eigenvalue weighted by atomic mass is 10.3. The van der Waals surface area contributed by atoms with E-state index in [1.807, 2.05) is 17.6 Å². The molecule has 7 heteroatoms. The van der Waals surface area contributed by atoms with Crippen LogP contribution in [0.2, 0.25) is 0 Å². The maximum absolute atomic E-state index is 11.2. The van der Waals surface area contributed by atoms with Crippen molar-refractivity contribution < 1.29 is 8.42 Å². The topological polar surface area (TPSA) is 64.8 Å². The van der Waals surface area contributed by atoms with Crippen LogP contribution < -0.4 is 0 Å². The van der Waals surface area contributed by atoms with Gasteiger partial charge >= 0.3 is 0 Å². The lowest BCUT2D eigenvalue weighted by molar-refractivity contribution is 0.591. The molecule has 0 aromatic carbocycles. The van der Waals surface area contributed by atoms with Crippen molar-refractivity contribution in [2.45, 2.75) is 25.8 Å². The van der Waals surface area contributed by atoms with E-state index in [9.17, 15) is 8.42 Å². The van der Waals surface area contributed by atoms with Crippen LogP contribution in [0, 0.1) is 6.92 Å². The van der Waals surface area contributed by atoms with Crippen LogP contribution in [0.5, 0.6) is 0 Å². The van der Waals surface area contributed by atoms with Gasteiger partial charge < -0.3 is 4.57 Å². The zero-order valence-corrected chi connectivity index (χ0v) is 12.5. The van der Waals surface area contributed by atoms with Crippen molar-refractivity contribution in [3.05, 3.63) is 23.7 Å². The first-order valence-corrected chi connectivity index (χ1v) is 8.55. The molecule has 2 aromatic heterocycles. The predicted molar refractivity (Wildman–Crippen MR) is 76.1 cm³/mol. The van der Waals surface area contributed by atoms with Gasteiger partial charge in [-0.25, -0.2) is 18.4 Å². The second-order valence-corrected chi connectivity index (χ2v) is 7.18. The average Bonchev–Trinajstić information content (AvgIpc) is 2.65. The number of pyridine rings is 1. The number of halogens is 1. The fourth-order valence-electron chi connectivity index (χ4n) is 1.98. The van der Waals surface area contributed by atoms with Crippen molar-refractivity contribution >= 4 is 32.6 Å². The van der Waals surface area contributed by atoms with Crippen LogP contribution in [-0.2, 0) is 22.3 Å². The highest BCUT2D eigenvalue weighted by Crippen LogP contribution is 2.17. The highest BCUT2D eigenvalue weighted by Gasteiger charge is 2.12. The summed E-state index contributed by atoms with van der Waals surface area (Å²) in [7, 11) is -2.94. The molecule has 0 atom stereocenters. The van der Waals surface area contributed by atoms with E-state index in [-0.39, 0.29) is 11.6 Å². The summed E-state index contributed by atoms with van der Waals surface area (Å²) in [4.78, 5) is 8.78. The Hall–Kier alpha value is -1.14. The van der Waals surface area contributed by atoms with Crippen LogP contribution in [0.25, 0.3) is 11.2 Å². The molecule has 0 unspecified atom stereocenters. The molecule has 0 aliphatic rings. The van der Waals surface area contributed by atoms with Crippen LogP contribution >= 0.6 is 11.6 Å². The van der Waals surface area contributed by atoms with Gasteiger partial charge in [0.2, 0.25) is 0 Å². The number of aryl methyl sites for hydroxylation is 2. The Morgan fingerprint density at radius 2 is 2.16 bits per heavy atom. The van der Waals surface area contributed by atoms with E-state index >= 15 is 0 Å². The Bertz CT molecular complexity index is 694. The number of imidazole rings is 1. The van der Waals surface area contributed by atoms with Crippen LogP contribution in [0.1, 0.15) is 17.8 Å². The highest BCUT2D eigenvalue weighted by molar-refractivity contribution is 7.90. The molecule has 0 fully saturated rings. The van der Waals surface area contributed by atoms with Gasteiger partial charge in [0.15, 0.2) is 5.65 Å². The molecule has 2 heterocycles. The fraction of sp³-hybridized carbons (Fsp3) is 0.500. The molecule has 0 saturated heterocycles. The van der Waals surface area contributed by atoms with E-state index in [1.54, 1.807) is 6.20 Å². The third-order valence-electron chi connectivity index (χ3n) is 2.82. The van der Waals surface area contributed by atoms with Crippen molar-refractivity contribution in [3.63, 3.8) is 0 Å². The number of nitrogens with zero attached hydrogens (tertiary/aromatic N) is 3. The third kappa shape index (κ3) is 3.45. The van der Waals surface area contributed by atoms with Gasteiger partial charge in [-0.2, -0.15) is 0 Å². The molecule has 0 bridgehead atoms. The van der Waals surface area contributed by atoms with Gasteiger partial charge in [-0.1, -0.05) is 0 Å². The molecule has 2 aromatic rings. The minimum Gasteiger partial charge on any atom is -0.312 e. The van der Waals surface area contributed by atoms with Crippen LogP contribution in [0.15, 0.2) is 12.3 Å². The standard InChI is InChI=1S/C12H16ClN3O2S/c1-9-6-10-12(14-8-9)16(11(7-13)15-10)4-3-5-19(2,17)18/h6,8H,3-5,7H2,1-2H3. The van der Waals surface area contributed by atoms with E-state index in [1.165, 1.54) is 6.26 Å². The molecular weight excluding hydrogens is 286 g/mol. The quantitative estimate of drug-likeness (QED) is 0.791. The van der Waals surface area contributed by atoms with Crippen LogP contribution in [0.3, 0.4) is 0 Å². The molecule has 0 N–H and O–H groups in total. The molecule has 0 saturated carbocycles. The van der Waals surface area contributed by atoms with E-state index < -0.39 is 9.84 Å². The molecule has 0 amide bonds. The number of alkyl halides is 1. The number of sulfone groups is 1. The number of aromatic nitrogens is 3. The number of rotatable bonds is 5. The molecule has 0 aliphatic heterocycles. The van der Waals surface area contributed by atoms with Gasteiger partial charge in [0.05, 0.1) is 11.6 Å². The monoisotopic (exact) mass is 301 g/mol. The minimum absolute atomic E-state index is 0.153. The minimum atomic E-state index is -2.94. The SMILES string of the molecule is Cc1cnc2c(c1)nc(CCl)n2CCCS(C)(=O)=O. The molecule has 0 spiro atoms. The maximum Gasteiger partial charge on any atom is 0.160 e. The zero-order valence-electron chi connectivity index (χ0n) is 10.9. The summed E-state index contributed by atoms with van der Waals surface area (Å²) in [6.45, 7) is 2.51. The first kappa shape index (κ1) is 14.3. The molecule has 2 rings (SSSR count). The summed E-state index contributed by atoms with van der Waals surface area (Å²) in [6.07, 6.45) is 3.54. The Morgan fingerprint density at radius 1 is 1.42 bits per heavy atom. The van der Waals surface area contributed by atoms with E-state index in [2.05, 4.69) is 9.97 Å². The van der Waals surface area contributed by atoms with Gasteiger partial charge in [0.25, 0.3) is 0 Å². The summed E-state index contributed by atoms with van der Waals surface area (Å²) < 4.78 is 24.2. The number of fused-ring (bicyclic) bond motifs is 1. The van der Waals surface area contributed by atoms with Gasteiger partial charge in [0, 0.05) is 19.0 Å². The Morgan fingerprint density at radius 3 is 2.79 bits per heavy atom. The van der Waals surface area contributed by atoms with E-state index in [4.69, 9.17) is 11.6 Å². The second kappa shape index (κ2) is 5.46. The first-order valence-electron chi connectivity index (χ1n) is 5.96. The second-order valence-electron chi connectivity index (χ2n) is 4.65. The summed E-state index contributed by atoms with van der Waals surface area (Å²) in [5.74, 6) is 1.16. The zero-order chi connectivity index (χ0) is 14.0. The normalized spacial score (nSPS) is 12.2.